The van der Waals surface area contributed by atoms with Gasteiger partial charge in [-0.1, -0.05) is 29.8 Å². The van der Waals surface area contributed by atoms with Crippen LogP contribution in [0.1, 0.15) is 15.9 Å². The summed E-state index contributed by atoms with van der Waals surface area (Å²) in [7, 11) is 1.91. The third-order valence-electron chi connectivity index (χ3n) is 5.16. The SMILES string of the molecule is CN(c1ccc(Cl)cc1)c1ccc(C(=O)c2cccc([S+]([O-])c3cccc(F)c3F)c2)cc1. The van der Waals surface area contributed by atoms with Gasteiger partial charge in [0.2, 0.25) is 5.82 Å². The summed E-state index contributed by atoms with van der Waals surface area (Å²) in [6.07, 6.45) is 0. The van der Waals surface area contributed by atoms with E-state index in [0.29, 0.717) is 16.1 Å². The highest BCUT2D eigenvalue weighted by molar-refractivity contribution is 7.91. The molecule has 0 aliphatic carbocycles. The first kappa shape index (κ1) is 23.0. The van der Waals surface area contributed by atoms with Crippen LogP contribution < -0.4 is 4.90 Å². The van der Waals surface area contributed by atoms with Crippen molar-refractivity contribution in [1.82, 2.24) is 0 Å². The van der Waals surface area contributed by atoms with Gasteiger partial charge in [-0.25, -0.2) is 4.39 Å². The van der Waals surface area contributed by atoms with Crippen LogP contribution in [0.5, 0.6) is 0 Å². The third-order valence-corrected chi connectivity index (χ3v) is 6.81. The van der Waals surface area contributed by atoms with Crippen molar-refractivity contribution in [3.63, 3.8) is 0 Å². The number of ketones is 1. The van der Waals surface area contributed by atoms with Crippen molar-refractivity contribution in [2.24, 2.45) is 0 Å². The van der Waals surface area contributed by atoms with E-state index < -0.39 is 22.8 Å². The van der Waals surface area contributed by atoms with Crippen LogP contribution in [0.2, 0.25) is 5.02 Å². The van der Waals surface area contributed by atoms with Crippen LogP contribution in [0, 0.1) is 11.6 Å². The number of rotatable bonds is 6. The summed E-state index contributed by atoms with van der Waals surface area (Å²) in [6.45, 7) is 0. The molecule has 0 N–H and O–H groups in total. The Bertz CT molecular complexity index is 1300. The molecule has 0 saturated carbocycles. The van der Waals surface area contributed by atoms with Gasteiger partial charge >= 0.3 is 0 Å². The van der Waals surface area contributed by atoms with Gasteiger partial charge in [-0.05, 0) is 66.7 Å². The summed E-state index contributed by atoms with van der Waals surface area (Å²) in [5.74, 6) is -2.50. The second-order valence-corrected chi connectivity index (χ2v) is 9.15. The lowest BCUT2D eigenvalue weighted by atomic mass is 10.0. The number of carbonyl (C=O) groups excluding carboxylic acids is 1. The normalized spacial score (nSPS) is 11.8. The lowest BCUT2D eigenvalue weighted by Gasteiger charge is -2.19. The molecule has 0 bridgehead atoms. The molecule has 0 aliphatic rings. The van der Waals surface area contributed by atoms with Crippen molar-refractivity contribution in [1.29, 1.82) is 0 Å². The Morgan fingerprint density at radius 2 is 1.45 bits per heavy atom. The predicted octanol–water partition coefficient (Wildman–Crippen LogP) is 6.78. The zero-order chi connectivity index (χ0) is 23.5. The van der Waals surface area contributed by atoms with Crippen molar-refractivity contribution >= 4 is 39.9 Å². The van der Waals surface area contributed by atoms with Gasteiger partial charge in [-0.3, -0.25) is 4.79 Å². The maximum Gasteiger partial charge on any atom is 0.214 e. The molecule has 4 aromatic rings. The van der Waals surface area contributed by atoms with Crippen LogP contribution >= 0.6 is 11.6 Å². The molecule has 0 heterocycles. The average Bonchev–Trinajstić information content (AvgIpc) is 2.85. The summed E-state index contributed by atoms with van der Waals surface area (Å²) in [5, 5.41) is 0.649. The maximum absolute atomic E-state index is 14.1. The monoisotopic (exact) mass is 481 g/mol. The lowest BCUT2D eigenvalue weighted by molar-refractivity contribution is 0.103. The molecule has 7 heteroatoms. The predicted molar refractivity (Wildman–Crippen MR) is 127 cm³/mol. The van der Waals surface area contributed by atoms with Gasteiger partial charge in [-0.2, -0.15) is 4.39 Å². The maximum atomic E-state index is 14.1. The molecular formula is C26H18ClF2NO2S. The highest BCUT2D eigenvalue weighted by Crippen LogP contribution is 2.28. The minimum absolute atomic E-state index is 0.212. The van der Waals surface area contributed by atoms with Crippen molar-refractivity contribution in [2.45, 2.75) is 9.79 Å². The number of benzene rings is 4. The molecule has 1 unspecified atom stereocenters. The average molecular weight is 482 g/mol. The highest BCUT2D eigenvalue weighted by Gasteiger charge is 2.23. The molecule has 0 aliphatic heterocycles. The fraction of sp³-hybridized carbons (Fsp3) is 0.0385. The molecule has 0 amide bonds. The largest absolute Gasteiger partial charge is 0.606 e. The first-order valence-corrected chi connectivity index (χ1v) is 11.5. The van der Waals surface area contributed by atoms with Crippen molar-refractivity contribution in [2.75, 3.05) is 11.9 Å². The summed E-state index contributed by atoms with van der Waals surface area (Å²) < 4.78 is 40.4. The Labute approximate surface area is 198 Å². The number of carbonyl (C=O) groups is 1. The van der Waals surface area contributed by atoms with E-state index in [-0.39, 0.29) is 15.6 Å². The van der Waals surface area contributed by atoms with Crippen LogP contribution in [0.25, 0.3) is 0 Å². The third kappa shape index (κ3) is 4.93. The zero-order valence-corrected chi connectivity index (χ0v) is 19.0. The molecule has 0 spiro atoms. The molecule has 0 aromatic heterocycles. The Kier molecular flexibility index (Phi) is 6.79. The number of anilines is 2. The highest BCUT2D eigenvalue weighted by atomic mass is 35.5. The van der Waals surface area contributed by atoms with Crippen molar-refractivity contribution in [3.8, 4) is 0 Å². The second-order valence-electron chi connectivity index (χ2n) is 7.26. The minimum Gasteiger partial charge on any atom is -0.606 e. The second kappa shape index (κ2) is 9.75. The van der Waals surface area contributed by atoms with Gasteiger partial charge < -0.3 is 9.45 Å². The molecule has 0 fully saturated rings. The molecule has 0 saturated heterocycles. The van der Waals surface area contributed by atoms with E-state index in [1.165, 1.54) is 24.3 Å². The summed E-state index contributed by atoms with van der Waals surface area (Å²) >= 11 is 3.98. The van der Waals surface area contributed by atoms with E-state index in [0.717, 1.165) is 17.4 Å². The number of hydrogen-bond donors (Lipinski definition) is 0. The fourth-order valence-corrected chi connectivity index (χ4v) is 4.60. The van der Waals surface area contributed by atoms with Gasteiger partial charge in [0.25, 0.3) is 0 Å². The van der Waals surface area contributed by atoms with Gasteiger partial charge in [0, 0.05) is 51.8 Å². The number of nitrogens with zero attached hydrogens (tertiary/aromatic N) is 1. The van der Waals surface area contributed by atoms with Gasteiger partial charge in [0.1, 0.15) is 0 Å². The first-order valence-electron chi connectivity index (χ1n) is 9.95. The summed E-state index contributed by atoms with van der Waals surface area (Å²) in [6, 6.07) is 24.1. The quantitative estimate of drug-likeness (QED) is 0.225. The van der Waals surface area contributed by atoms with Gasteiger partial charge in [0.15, 0.2) is 21.4 Å². The van der Waals surface area contributed by atoms with E-state index in [1.54, 1.807) is 36.4 Å². The smallest absolute Gasteiger partial charge is 0.214 e. The Morgan fingerprint density at radius 3 is 2.12 bits per heavy atom. The molecular weight excluding hydrogens is 464 g/mol. The van der Waals surface area contributed by atoms with Crippen molar-refractivity contribution < 1.29 is 18.1 Å². The van der Waals surface area contributed by atoms with E-state index in [1.807, 2.05) is 36.2 Å². The van der Waals surface area contributed by atoms with Crippen LogP contribution in [-0.2, 0) is 11.2 Å². The molecule has 4 aromatic carbocycles. The minimum atomic E-state index is -1.97. The van der Waals surface area contributed by atoms with E-state index >= 15 is 0 Å². The topological polar surface area (TPSA) is 43.4 Å². The van der Waals surface area contributed by atoms with Crippen LogP contribution in [0.15, 0.2) is 101 Å². The molecule has 166 valence electrons. The van der Waals surface area contributed by atoms with Crippen LogP contribution in [0.3, 0.4) is 0 Å². The van der Waals surface area contributed by atoms with Crippen LogP contribution in [0.4, 0.5) is 20.2 Å². The van der Waals surface area contributed by atoms with Gasteiger partial charge in [-0.15, -0.1) is 0 Å². The fourth-order valence-electron chi connectivity index (χ4n) is 3.32. The molecule has 33 heavy (non-hydrogen) atoms. The van der Waals surface area contributed by atoms with E-state index in [2.05, 4.69) is 0 Å². The Morgan fingerprint density at radius 1 is 0.848 bits per heavy atom. The molecule has 3 nitrogen and oxygen atoms in total. The Hall–Kier alpha value is -3.19. The van der Waals surface area contributed by atoms with E-state index in [9.17, 15) is 18.1 Å². The summed E-state index contributed by atoms with van der Waals surface area (Å²) in [4.78, 5) is 14.9. The Balaban J connectivity index is 1.56. The van der Waals surface area contributed by atoms with E-state index in [4.69, 9.17) is 11.6 Å². The first-order chi connectivity index (χ1) is 15.8. The van der Waals surface area contributed by atoms with Crippen LogP contribution in [-0.4, -0.2) is 17.4 Å². The lowest BCUT2D eigenvalue weighted by Crippen LogP contribution is -2.10. The standard InChI is InChI=1S/C26H18ClF2NO2S/c1-30(21-14-10-19(27)11-15-21)20-12-8-17(9-13-20)26(31)18-4-2-5-22(16-18)33(32)24-7-3-6-23(28)25(24)29/h2-16H,1H3. The molecule has 4 rings (SSSR count). The number of halogens is 3. The molecule has 0 radical (unpaired) electrons. The zero-order valence-electron chi connectivity index (χ0n) is 17.5. The molecule has 1 atom stereocenters. The summed E-state index contributed by atoms with van der Waals surface area (Å²) in [5.41, 5.74) is 2.57. The van der Waals surface area contributed by atoms with Gasteiger partial charge in [0.05, 0.1) is 0 Å². The number of hydrogen-bond acceptors (Lipinski definition) is 3. The van der Waals surface area contributed by atoms with Crippen molar-refractivity contribution in [3.05, 3.63) is 119 Å².